The molecule has 6 heteroatoms. The van der Waals surface area contributed by atoms with Crippen molar-refractivity contribution in [3.05, 3.63) is 96.1 Å². The van der Waals surface area contributed by atoms with Crippen LogP contribution in [-0.2, 0) is 16.8 Å². The Morgan fingerprint density at radius 2 is 1.31 bits per heavy atom. The lowest BCUT2D eigenvalue weighted by Crippen LogP contribution is -2.51. The van der Waals surface area contributed by atoms with Crippen LogP contribution in [0.2, 0.25) is 0 Å². The number of hydrogen-bond donors (Lipinski definition) is 2. The summed E-state index contributed by atoms with van der Waals surface area (Å²) in [5.41, 5.74) is -0.800. The zero-order valence-electron chi connectivity index (χ0n) is 15.5. The summed E-state index contributed by atoms with van der Waals surface area (Å²) in [5, 5.41) is 12.5. The number of amides is 1. The highest BCUT2D eigenvalue weighted by Crippen LogP contribution is 2.38. The van der Waals surface area contributed by atoms with Crippen molar-refractivity contribution in [1.82, 2.24) is 5.32 Å². The summed E-state index contributed by atoms with van der Waals surface area (Å²) in [5.74, 6) is -0.601. The normalized spacial score (nSPS) is 13.5. The molecule has 0 aromatic heterocycles. The van der Waals surface area contributed by atoms with Crippen LogP contribution in [0.1, 0.15) is 11.1 Å². The quantitative estimate of drug-likeness (QED) is 0.643. The lowest BCUT2D eigenvalue weighted by Gasteiger charge is -2.31. The Kier molecular flexibility index (Phi) is 6.03. The van der Waals surface area contributed by atoms with Crippen molar-refractivity contribution in [2.75, 3.05) is 6.54 Å². The molecule has 1 atom stereocenters. The summed E-state index contributed by atoms with van der Waals surface area (Å²) in [6.07, 6.45) is -5.02. The average molecular weight is 399 g/mol. The first-order valence-corrected chi connectivity index (χ1v) is 9.05. The number of halogens is 3. The van der Waals surface area contributed by atoms with Gasteiger partial charge >= 0.3 is 6.18 Å². The van der Waals surface area contributed by atoms with Crippen LogP contribution in [-0.4, -0.2) is 23.7 Å². The SMILES string of the molecule is O=C(Cc1ccc(-c2ccccc2)cc1)NCC(O)(c1ccccc1)C(F)(F)F. The molecule has 0 saturated carbocycles. The third kappa shape index (κ3) is 4.84. The second kappa shape index (κ2) is 8.49. The molecule has 0 fully saturated rings. The number of nitrogens with one attached hydrogen (secondary N) is 1. The van der Waals surface area contributed by atoms with Crippen LogP contribution in [0.5, 0.6) is 0 Å². The van der Waals surface area contributed by atoms with E-state index in [1.54, 1.807) is 18.2 Å². The van der Waals surface area contributed by atoms with Crippen molar-refractivity contribution in [2.24, 2.45) is 0 Å². The van der Waals surface area contributed by atoms with Crippen LogP contribution >= 0.6 is 0 Å². The predicted molar refractivity (Wildman–Crippen MR) is 105 cm³/mol. The first kappa shape index (κ1) is 20.6. The van der Waals surface area contributed by atoms with E-state index < -0.39 is 24.2 Å². The van der Waals surface area contributed by atoms with Gasteiger partial charge in [0.2, 0.25) is 11.5 Å². The number of rotatable bonds is 6. The summed E-state index contributed by atoms with van der Waals surface area (Å²) in [4.78, 5) is 12.2. The summed E-state index contributed by atoms with van der Waals surface area (Å²) in [7, 11) is 0. The van der Waals surface area contributed by atoms with Crippen LogP contribution in [0, 0.1) is 0 Å². The second-order valence-corrected chi connectivity index (χ2v) is 6.74. The molecule has 0 radical (unpaired) electrons. The molecule has 0 bridgehead atoms. The van der Waals surface area contributed by atoms with Crippen LogP contribution in [0.4, 0.5) is 13.2 Å². The van der Waals surface area contributed by atoms with Gasteiger partial charge in [0.25, 0.3) is 0 Å². The van der Waals surface area contributed by atoms with Crippen LogP contribution in [0.15, 0.2) is 84.9 Å². The van der Waals surface area contributed by atoms with Crippen molar-refractivity contribution >= 4 is 5.91 Å². The van der Waals surface area contributed by atoms with Crippen molar-refractivity contribution in [1.29, 1.82) is 0 Å². The predicted octanol–water partition coefficient (Wildman–Crippen LogP) is 4.46. The van der Waals surface area contributed by atoms with Crippen molar-refractivity contribution in [2.45, 2.75) is 18.2 Å². The Morgan fingerprint density at radius 1 is 0.793 bits per heavy atom. The van der Waals surface area contributed by atoms with E-state index in [0.717, 1.165) is 11.1 Å². The maximum Gasteiger partial charge on any atom is 0.423 e. The summed E-state index contributed by atoms with van der Waals surface area (Å²) in [6, 6.07) is 23.6. The van der Waals surface area contributed by atoms with Gasteiger partial charge in [0.05, 0.1) is 13.0 Å². The van der Waals surface area contributed by atoms with Crippen LogP contribution in [0.25, 0.3) is 11.1 Å². The Labute approximate surface area is 166 Å². The summed E-state index contributed by atoms with van der Waals surface area (Å²) in [6.45, 7) is -0.957. The van der Waals surface area contributed by atoms with Gasteiger partial charge in [-0.15, -0.1) is 0 Å². The number of carbonyl (C=O) groups excluding carboxylic acids is 1. The fourth-order valence-electron chi connectivity index (χ4n) is 3.00. The standard InChI is InChI=1S/C23H20F3NO2/c24-23(25,26)22(29,20-9-5-2-6-10-20)16-27-21(28)15-17-11-13-19(14-12-17)18-7-3-1-4-8-18/h1-14,29H,15-16H2,(H,27,28). The third-order valence-electron chi connectivity index (χ3n) is 4.69. The molecule has 0 spiro atoms. The molecule has 1 unspecified atom stereocenters. The fourth-order valence-corrected chi connectivity index (χ4v) is 3.00. The van der Waals surface area contributed by atoms with E-state index in [4.69, 9.17) is 0 Å². The number of aliphatic hydroxyl groups is 1. The molecule has 2 N–H and O–H groups in total. The molecule has 3 nitrogen and oxygen atoms in total. The van der Waals surface area contributed by atoms with Gasteiger partial charge in [0, 0.05) is 0 Å². The molecule has 3 rings (SSSR count). The average Bonchev–Trinajstić information content (AvgIpc) is 2.73. The van der Waals surface area contributed by atoms with Gasteiger partial charge in [-0.1, -0.05) is 84.9 Å². The van der Waals surface area contributed by atoms with Crippen molar-refractivity contribution in [3.63, 3.8) is 0 Å². The Morgan fingerprint density at radius 3 is 1.86 bits per heavy atom. The van der Waals surface area contributed by atoms with Gasteiger partial charge in [0.15, 0.2) is 0 Å². The van der Waals surface area contributed by atoms with Crippen molar-refractivity contribution in [3.8, 4) is 11.1 Å². The van der Waals surface area contributed by atoms with Crippen LogP contribution < -0.4 is 5.32 Å². The molecule has 0 heterocycles. The lowest BCUT2D eigenvalue weighted by atomic mass is 9.93. The van der Waals surface area contributed by atoms with Crippen LogP contribution in [0.3, 0.4) is 0 Å². The molecule has 29 heavy (non-hydrogen) atoms. The molecule has 0 aliphatic heterocycles. The van der Waals surface area contributed by atoms with Gasteiger partial charge in [-0.05, 0) is 22.3 Å². The van der Waals surface area contributed by atoms with Gasteiger partial charge in [-0.3, -0.25) is 4.79 Å². The molecule has 0 aliphatic carbocycles. The molecule has 3 aromatic rings. The van der Waals surface area contributed by atoms with E-state index in [9.17, 15) is 23.1 Å². The molecular weight excluding hydrogens is 379 g/mol. The van der Waals surface area contributed by atoms with Crippen molar-refractivity contribution < 1.29 is 23.1 Å². The van der Waals surface area contributed by atoms with E-state index in [1.165, 1.54) is 24.3 Å². The van der Waals surface area contributed by atoms with Gasteiger partial charge in [-0.2, -0.15) is 13.2 Å². The zero-order valence-corrected chi connectivity index (χ0v) is 15.5. The molecule has 150 valence electrons. The topological polar surface area (TPSA) is 49.3 Å². The largest absolute Gasteiger partial charge is 0.423 e. The maximum atomic E-state index is 13.5. The highest BCUT2D eigenvalue weighted by Gasteiger charge is 2.55. The highest BCUT2D eigenvalue weighted by atomic mass is 19.4. The number of benzene rings is 3. The molecule has 0 saturated heterocycles. The lowest BCUT2D eigenvalue weighted by molar-refractivity contribution is -0.264. The van der Waals surface area contributed by atoms with Gasteiger partial charge < -0.3 is 10.4 Å². The Balaban J connectivity index is 1.65. The maximum absolute atomic E-state index is 13.5. The Hall–Kier alpha value is -3.12. The Bertz CT molecular complexity index is 941. The summed E-state index contributed by atoms with van der Waals surface area (Å²) >= 11 is 0. The van der Waals surface area contributed by atoms with Gasteiger partial charge in [-0.25, -0.2) is 0 Å². The van der Waals surface area contributed by atoms with E-state index in [0.29, 0.717) is 5.56 Å². The first-order valence-electron chi connectivity index (χ1n) is 9.05. The smallest absolute Gasteiger partial charge is 0.375 e. The fraction of sp³-hybridized carbons (Fsp3) is 0.174. The summed E-state index contributed by atoms with van der Waals surface area (Å²) < 4.78 is 40.4. The van der Waals surface area contributed by atoms with Gasteiger partial charge in [0.1, 0.15) is 0 Å². The molecule has 1 amide bonds. The minimum absolute atomic E-state index is 0.0855. The first-order chi connectivity index (χ1) is 13.8. The zero-order chi connectivity index (χ0) is 20.9. The molecule has 0 aliphatic rings. The monoisotopic (exact) mass is 399 g/mol. The van der Waals surface area contributed by atoms with E-state index in [2.05, 4.69) is 5.32 Å². The molecule has 3 aromatic carbocycles. The number of carbonyl (C=O) groups is 1. The van der Waals surface area contributed by atoms with E-state index in [-0.39, 0.29) is 12.0 Å². The highest BCUT2D eigenvalue weighted by molar-refractivity contribution is 5.79. The third-order valence-corrected chi connectivity index (χ3v) is 4.69. The number of hydrogen-bond acceptors (Lipinski definition) is 2. The number of alkyl halides is 3. The van der Waals surface area contributed by atoms with E-state index in [1.807, 2.05) is 42.5 Å². The molecular formula is C23H20F3NO2. The minimum atomic E-state index is -4.93. The second-order valence-electron chi connectivity index (χ2n) is 6.74. The minimum Gasteiger partial charge on any atom is -0.375 e. The van der Waals surface area contributed by atoms with E-state index >= 15 is 0 Å².